The van der Waals surface area contributed by atoms with E-state index in [4.69, 9.17) is 0 Å². The van der Waals surface area contributed by atoms with Crippen molar-refractivity contribution in [2.45, 2.75) is 64.6 Å². The first kappa shape index (κ1) is 22.1. The zero-order valence-corrected chi connectivity index (χ0v) is 17.9. The van der Waals surface area contributed by atoms with Gasteiger partial charge in [0.15, 0.2) is 17.3 Å². The van der Waals surface area contributed by atoms with E-state index in [1.807, 2.05) is 0 Å². The Morgan fingerprint density at radius 3 is 1.97 bits per heavy atom. The Labute approximate surface area is 176 Å². The third-order valence-corrected chi connectivity index (χ3v) is 6.53. The van der Waals surface area contributed by atoms with Crippen molar-refractivity contribution in [1.82, 2.24) is 0 Å². The van der Waals surface area contributed by atoms with E-state index in [0.717, 1.165) is 5.56 Å². The molecule has 2 aliphatic carbocycles. The van der Waals surface area contributed by atoms with E-state index in [2.05, 4.69) is 0 Å². The average Bonchev–Trinajstić information content (AvgIpc) is 3.16. The number of rotatable bonds is 8. The third kappa shape index (κ3) is 3.32. The van der Waals surface area contributed by atoms with Crippen molar-refractivity contribution in [3.05, 3.63) is 58.2 Å². The Kier molecular flexibility index (Phi) is 5.81. The molecule has 0 radical (unpaired) electrons. The molecule has 5 nitrogen and oxygen atoms in total. The lowest BCUT2D eigenvalue weighted by molar-refractivity contribution is -0.135. The number of fused-ring (bicyclic) bond motifs is 3. The molecule has 1 aromatic rings. The molecule has 2 N–H and O–H groups in total. The van der Waals surface area contributed by atoms with Crippen LogP contribution in [0.1, 0.15) is 74.9 Å². The predicted octanol–water partition coefficient (Wildman–Crippen LogP) is 3.83. The topological polar surface area (TPSA) is 91.7 Å². The molecule has 30 heavy (non-hydrogen) atoms. The zero-order valence-electron chi connectivity index (χ0n) is 17.9. The Hall–Kier alpha value is -2.63. The van der Waals surface area contributed by atoms with Crippen molar-refractivity contribution >= 4 is 29.0 Å². The first-order valence-electron chi connectivity index (χ1n) is 10.5. The van der Waals surface area contributed by atoms with Crippen LogP contribution in [-0.4, -0.2) is 38.8 Å². The molecule has 0 saturated heterocycles. The van der Waals surface area contributed by atoms with Gasteiger partial charge in [-0.1, -0.05) is 45.9 Å². The second kappa shape index (κ2) is 7.89. The van der Waals surface area contributed by atoms with Gasteiger partial charge < -0.3 is 10.2 Å². The maximum absolute atomic E-state index is 13.0. The molecule has 0 atom stereocenters. The highest BCUT2D eigenvalue weighted by Gasteiger charge is 2.40. The molecule has 0 aromatic heterocycles. The quantitative estimate of drug-likeness (QED) is 0.504. The molecule has 0 bridgehead atoms. The van der Waals surface area contributed by atoms with Crippen LogP contribution in [0, 0.1) is 0 Å². The molecule has 1 aromatic carbocycles. The Morgan fingerprint density at radius 1 is 0.833 bits per heavy atom. The van der Waals surface area contributed by atoms with Gasteiger partial charge in [-0.2, -0.15) is 0 Å². The largest absolute Gasteiger partial charge is 0.382 e. The number of ketones is 3. The summed E-state index contributed by atoms with van der Waals surface area (Å²) in [5, 5.41) is 21.1. The van der Waals surface area contributed by atoms with Crippen LogP contribution < -0.4 is 0 Å². The van der Waals surface area contributed by atoms with Gasteiger partial charge >= 0.3 is 0 Å². The molecule has 0 heterocycles. The number of carbonyl (C=O) groups is 3. The highest BCUT2D eigenvalue weighted by atomic mass is 16.3. The summed E-state index contributed by atoms with van der Waals surface area (Å²) in [7, 11) is 0. The van der Waals surface area contributed by atoms with E-state index in [0.29, 0.717) is 35.1 Å². The van der Waals surface area contributed by atoms with E-state index >= 15 is 0 Å². The van der Waals surface area contributed by atoms with Gasteiger partial charge in [-0.05, 0) is 60.6 Å². The van der Waals surface area contributed by atoms with Crippen molar-refractivity contribution in [3.63, 3.8) is 0 Å². The Balaban J connectivity index is 1.98. The maximum atomic E-state index is 13.0. The predicted molar refractivity (Wildman–Crippen MR) is 116 cm³/mol. The van der Waals surface area contributed by atoms with Crippen molar-refractivity contribution < 1.29 is 24.6 Å². The maximum Gasteiger partial charge on any atom is 0.198 e. The lowest BCUT2D eigenvalue weighted by Gasteiger charge is -2.25. The van der Waals surface area contributed by atoms with E-state index in [1.165, 1.54) is 6.08 Å². The monoisotopic (exact) mass is 408 g/mol. The average molecular weight is 408 g/mol. The lowest BCUT2D eigenvalue weighted by atomic mass is 9.81. The summed E-state index contributed by atoms with van der Waals surface area (Å²) in [6.45, 7) is 6.97. The number of carbonyl (C=O) groups excluding carboxylic acids is 3. The summed E-state index contributed by atoms with van der Waals surface area (Å²) in [5.74, 6) is -1.31. The van der Waals surface area contributed by atoms with Gasteiger partial charge in [0.1, 0.15) is 11.2 Å². The molecule has 5 heteroatoms. The molecule has 0 saturated carbocycles. The normalized spacial score (nSPS) is 15.8. The van der Waals surface area contributed by atoms with E-state index in [9.17, 15) is 24.6 Å². The van der Waals surface area contributed by atoms with Crippen LogP contribution in [0.25, 0.3) is 11.6 Å². The summed E-state index contributed by atoms with van der Waals surface area (Å²) in [6, 6.07) is 5.12. The van der Waals surface area contributed by atoms with Gasteiger partial charge in [0.25, 0.3) is 0 Å². The fraction of sp³-hybridized carbons (Fsp3) is 0.400. The van der Waals surface area contributed by atoms with Crippen molar-refractivity contribution in [3.8, 4) is 0 Å². The first-order valence-corrected chi connectivity index (χ1v) is 10.5. The van der Waals surface area contributed by atoms with Gasteiger partial charge in [0, 0.05) is 11.1 Å². The van der Waals surface area contributed by atoms with Crippen LogP contribution >= 0.6 is 0 Å². The van der Waals surface area contributed by atoms with Crippen LogP contribution in [0.15, 0.2) is 41.5 Å². The van der Waals surface area contributed by atoms with Crippen LogP contribution in [0.2, 0.25) is 0 Å². The lowest BCUT2D eigenvalue weighted by Crippen LogP contribution is -2.40. The Morgan fingerprint density at radius 2 is 1.40 bits per heavy atom. The van der Waals surface area contributed by atoms with Crippen LogP contribution in [-0.2, 0) is 9.59 Å². The third-order valence-electron chi connectivity index (χ3n) is 6.53. The summed E-state index contributed by atoms with van der Waals surface area (Å²) in [6.07, 6.45) is 5.96. The molecule has 0 fully saturated rings. The molecular weight excluding hydrogens is 380 g/mol. The highest BCUT2D eigenvalue weighted by molar-refractivity contribution is 6.36. The number of hydrogen-bond acceptors (Lipinski definition) is 5. The summed E-state index contributed by atoms with van der Waals surface area (Å²) < 4.78 is 0. The first-order chi connectivity index (χ1) is 14.2. The highest BCUT2D eigenvalue weighted by Crippen LogP contribution is 2.41. The minimum atomic E-state index is -1.55. The molecular formula is C25H28O5. The summed E-state index contributed by atoms with van der Waals surface area (Å²) >= 11 is 0. The SMILES string of the molecule is CCC(O)(CC)C(=O)C1=CC=C2C(=Cc3cc(C(=O)C(O)(CC)CC)ccc32)C1=O. The van der Waals surface area contributed by atoms with Crippen molar-refractivity contribution in [2.24, 2.45) is 0 Å². The van der Waals surface area contributed by atoms with Gasteiger partial charge in [-0.25, -0.2) is 0 Å². The number of Topliss-reactive ketones (excluding diaryl/α,β-unsaturated/α-hetero) is 3. The van der Waals surface area contributed by atoms with Crippen molar-refractivity contribution in [2.75, 3.05) is 0 Å². The molecule has 3 rings (SSSR count). The molecule has 0 amide bonds. The smallest absolute Gasteiger partial charge is 0.198 e. The van der Waals surface area contributed by atoms with Gasteiger partial charge in [0.2, 0.25) is 0 Å². The second-order valence-corrected chi connectivity index (χ2v) is 7.99. The van der Waals surface area contributed by atoms with E-state index in [-0.39, 0.29) is 24.2 Å². The molecule has 0 unspecified atom stereocenters. The van der Waals surface area contributed by atoms with Gasteiger partial charge in [-0.15, -0.1) is 0 Å². The van der Waals surface area contributed by atoms with E-state index < -0.39 is 22.8 Å². The van der Waals surface area contributed by atoms with E-state index in [1.54, 1.807) is 58.0 Å². The number of aliphatic hydroxyl groups is 2. The standard InChI is InChI=1S/C25H28O5/c1-5-24(29,6-2)22(27)15-9-10-17-16(13-15)14-20-18(17)11-12-19(21(20)26)23(28)25(30,7-3)8-4/h9-14,29-30H,5-8H2,1-4H3. The molecule has 0 spiro atoms. The molecule has 2 aliphatic rings. The van der Waals surface area contributed by atoms with Gasteiger partial charge in [0.05, 0.1) is 5.57 Å². The fourth-order valence-electron chi connectivity index (χ4n) is 4.04. The summed E-state index contributed by atoms with van der Waals surface area (Å²) in [5.41, 5.74) is -0.00850. The minimum Gasteiger partial charge on any atom is -0.382 e. The summed E-state index contributed by atoms with van der Waals surface area (Å²) in [4.78, 5) is 38.6. The second-order valence-electron chi connectivity index (χ2n) is 7.99. The Bertz CT molecular complexity index is 1010. The van der Waals surface area contributed by atoms with Crippen LogP contribution in [0.4, 0.5) is 0 Å². The fourth-order valence-corrected chi connectivity index (χ4v) is 4.04. The van der Waals surface area contributed by atoms with Gasteiger partial charge in [-0.3, -0.25) is 14.4 Å². The van der Waals surface area contributed by atoms with Crippen molar-refractivity contribution in [1.29, 1.82) is 0 Å². The number of benzene rings is 1. The number of hydrogen-bond donors (Lipinski definition) is 2. The number of allylic oxidation sites excluding steroid dienone is 4. The molecule has 0 aliphatic heterocycles. The minimum absolute atomic E-state index is 0.0216. The van der Waals surface area contributed by atoms with Crippen LogP contribution in [0.5, 0.6) is 0 Å². The van der Waals surface area contributed by atoms with Crippen LogP contribution in [0.3, 0.4) is 0 Å². The molecule has 158 valence electrons. The zero-order chi connectivity index (χ0) is 22.3.